The lowest BCUT2D eigenvalue weighted by Gasteiger charge is -2.23. The number of amides is 1. The van der Waals surface area contributed by atoms with E-state index in [1.54, 1.807) is 0 Å². The van der Waals surface area contributed by atoms with Crippen molar-refractivity contribution in [1.82, 2.24) is 4.90 Å². The van der Waals surface area contributed by atoms with Crippen LogP contribution in [0.5, 0.6) is 0 Å². The number of carbonyl (C=O) groups excluding carboxylic acids is 1. The van der Waals surface area contributed by atoms with Gasteiger partial charge in [0.25, 0.3) is 0 Å². The summed E-state index contributed by atoms with van der Waals surface area (Å²) in [7, 11) is 0. The van der Waals surface area contributed by atoms with E-state index in [2.05, 4.69) is 0 Å². The van der Waals surface area contributed by atoms with Gasteiger partial charge in [-0.25, -0.2) is 4.79 Å². The molecular weight excluding hydrogens is 154 g/mol. The van der Waals surface area contributed by atoms with Gasteiger partial charge >= 0.3 is 6.09 Å². The molecule has 0 aromatic heterocycles. The Morgan fingerprint density at radius 3 is 2.92 bits per heavy atom. The number of carbonyl (C=O) groups is 1. The Bertz CT molecular complexity index is 203. The van der Waals surface area contributed by atoms with Gasteiger partial charge in [0.1, 0.15) is 6.10 Å². The molecule has 0 radical (unpaired) electrons. The molecule has 2 atom stereocenters. The fraction of sp³-hybridized carbons (Fsp3) is 0.889. The smallest absolute Gasteiger partial charge is 0.410 e. The van der Waals surface area contributed by atoms with Crippen LogP contribution in [0.4, 0.5) is 4.79 Å². The molecule has 0 bridgehead atoms. The minimum absolute atomic E-state index is 0.111. The molecule has 0 spiro atoms. The van der Waals surface area contributed by atoms with Crippen molar-refractivity contribution in [3.8, 4) is 0 Å². The second kappa shape index (κ2) is 2.64. The molecule has 1 heterocycles. The molecular formula is C9H15NO2. The predicted octanol–water partition coefficient (Wildman–Crippen LogP) is 1.77. The number of ether oxygens (including phenoxy) is 1. The van der Waals surface area contributed by atoms with Gasteiger partial charge in [-0.05, 0) is 33.1 Å². The summed E-state index contributed by atoms with van der Waals surface area (Å²) < 4.78 is 5.25. The lowest BCUT2D eigenvalue weighted by Crippen LogP contribution is -2.39. The van der Waals surface area contributed by atoms with Crippen molar-refractivity contribution in [2.45, 2.75) is 51.3 Å². The first-order chi connectivity index (χ1) is 5.70. The quantitative estimate of drug-likeness (QED) is 0.598. The second-order valence-corrected chi connectivity index (χ2v) is 3.92. The monoisotopic (exact) mass is 169 g/mol. The number of hydrogen-bond acceptors (Lipinski definition) is 2. The number of nitrogens with zero attached hydrogens (tertiary/aromatic N) is 1. The van der Waals surface area contributed by atoms with Gasteiger partial charge in [-0.3, -0.25) is 4.90 Å². The summed E-state index contributed by atoms with van der Waals surface area (Å²) in [6, 6.07) is 0.656. The summed E-state index contributed by atoms with van der Waals surface area (Å²) in [5.74, 6) is 0. The molecule has 0 N–H and O–H groups in total. The van der Waals surface area contributed by atoms with E-state index in [0.717, 1.165) is 12.8 Å². The van der Waals surface area contributed by atoms with Crippen LogP contribution in [0.3, 0.4) is 0 Å². The molecule has 3 nitrogen and oxygen atoms in total. The van der Waals surface area contributed by atoms with E-state index >= 15 is 0 Å². The van der Waals surface area contributed by atoms with E-state index in [4.69, 9.17) is 4.74 Å². The molecule has 1 saturated carbocycles. The zero-order valence-corrected chi connectivity index (χ0v) is 7.62. The van der Waals surface area contributed by atoms with Crippen molar-refractivity contribution in [1.29, 1.82) is 0 Å². The Morgan fingerprint density at radius 2 is 2.25 bits per heavy atom. The summed E-state index contributed by atoms with van der Waals surface area (Å²) in [6.07, 6.45) is 3.46. The molecule has 2 rings (SSSR count). The normalized spacial score (nSPS) is 34.2. The van der Waals surface area contributed by atoms with Gasteiger partial charge in [0.05, 0.1) is 6.04 Å². The van der Waals surface area contributed by atoms with E-state index in [1.165, 1.54) is 6.42 Å². The van der Waals surface area contributed by atoms with Crippen molar-refractivity contribution in [3.05, 3.63) is 0 Å². The average molecular weight is 169 g/mol. The highest BCUT2D eigenvalue weighted by Crippen LogP contribution is 2.34. The van der Waals surface area contributed by atoms with Crippen molar-refractivity contribution in [3.63, 3.8) is 0 Å². The summed E-state index contributed by atoms with van der Waals surface area (Å²) >= 11 is 0. The maximum absolute atomic E-state index is 11.3. The highest BCUT2D eigenvalue weighted by Gasteiger charge is 2.45. The first-order valence-electron chi connectivity index (χ1n) is 4.69. The molecule has 1 aliphatic heterocycles. The number of fused-ring (bicyclic) bond motifs is 1. The van der Waals surface area contributed by atoms with Crippen LogP contribution in [0.1, 0.15) is 33.1 Å². The van der Waals surface area contributed by atoms with E-state index in [1.807, 2.05) is 18.7 Å². The van der Waals surface area contributed by atoms with E-state index in [9.17, 15) is 4.79 Å². The van der Waals surface area contributed by atoms with Gasteiger partial charge in [0, 0.05) is 6.04 Å². The molecule has 1 aliphatic carbocycles. The lowest BCUT2D eigenvalue weighted by atomic mass is 10.2. The lowest BCUT2D eigenvalue weighted by molar-refractivity contribution is 0.127. The zero-order chi connectivity index (χ0) is 8.72. The highest BCUT2D eigenvalue weighted by molar-refractivity contribution is 5.71. The molecule has 68 valence electrons. The SMILES string of the molecule is CC(C)N1C(=O)OC2CCCC21. The Kier molecular flexibility index (Phi) is 1.74. The minimum Gasteiger partial charge on any atom is -0.444 e. The van der Waals surface area contributed by atoms with Gasteiger partial charge in [0.15, 0.2) is 0 Å². The summed E-state index contributed by atoms with van der Waals surface area (Å²) in [6.45, 7) is 4.09. The highest BCUT2D eigenvalue weighted by atomic mass is 16.6. The van der Waals surface area contributed by atoms with Crippen molar-refractivity contribution < 1.29 is 9.53 Å². The van der Waals surface area contributed by atoms with Crippen LogP contribution in [0.25, 0.3) is 0 Å². The van der Waals surface area contributed by atoms with Crippen LogP contribution in [0, 0.1) is 0 Å². The Labute approximate surface area is 72.7 Å². The standard InChI is InChI=1S/C9H15NO2/c1-6(2)10-7-4-3-5-8(7)12-9(10)11/h6-8H,3-5H2,1-2H3. The third-order valence-corrected chi connectivity index (χ3v) is 2.79. The van der Waals surface area contributed by atoms with Crippen LogP contribution in [-0.2, 0) is 4.74 Å². The Morgan fingerprint density at radius 1 is 1.50 bits per heavy atom. The summed E-state index contributed by atoms with van der Waals surface area (Å²) in [5.41, 5.74) is 0. The van der Waals surface area contributed by atoms with E-state index < -0.39 is 0 Å². The van der Waals surface area contributed by atoms with E-state index in [0.29, 0.717) is 6.04 Å². The molecule has 0 aromatic carbocycles. The molecule has 2 fully saturated rings. The Balaban J connectivity index is 2.16. The Hall–Kier alpha value is -0.730. The fourth-order valence-electron chi connectivity index (χ4n) is 2.28. The van der Waals surface area contributed by atoms with Crippen molar-refractivity contribution in [2.75, 3.05) is 0 Å². The minimum atomic E-state index is -0.111. The second-order valence-electron chi connectivity index (χ2n) is 3.92. The van der Waals surface area contributed by atoms with Crippen LogP contribution in [-0.4, -0.2) is 29.2 Å². The van der Waals surface area contributed by atoms with Crippen LogP contribution in [0.2, 0.25) is 0 Å². The number of hydrogen-bond donors (Lipinski definition) is 0. The van der Waals surface area contributed by atoms with Crippen LogP contribution < -0.4 is 0 Å². The maximum Gasteiger partial charge on any atom is 0.410 e. The maximum atomic E-state index is 11.3. The van der Waals surface area contributed by atoms with E-state index in [-0.39, 0.29) is 18.2 Å². The third-order valence-electron chi connectivity index (χ3n) is 2.79. The summed E-state index contributed by atoms with van der Waals surface area (Å²) in [4.78, 5) is 13.2. The fourth-order valence-corrected chi connectivity index (χ4v) is 2.28. The molecule has 2 aliphatic rings. The van der Waals surface area contributed by atoms with Gasteiger partial charge in [-0.2, -0.15) is 0 Å². The zero-order valence-electron chi connectivity index (χ0n) is 7.62. The van der Waals surface area contributed by atoms with Gasteiger partial charge in [-0.15, -0.1) is 0 Å². The van der Waals surface area contributed by atoms with Gasteiger partial charge < -0.3 is 4.74 Å². The molecule has 3 heteroatoms. The molecule has 2 unspecified atom stereocenters. The predicted molar refractivity (Wildman–Crippen MR) is 44.9 cm³/mol. The van der Waals surface area contributed by atoms with Crippen LogP contribution in [0.15, 0.2) is 0 Å². The third kappa shape index (κ3) is 0.993. The van der Waals surface area contributed by atoms with Crippen molar-refractivity contribution in [2.24, 2.45) is 0 Å². The molecule has 1 saturated heterocycles. The topological polar surface area (TPSA) is 29.5 Å². The molecule has 1 amide bonds. The van der Waals surface area contributed by atoms with Crippen molar-refractivity contribution >= 4 is 6.09 Å². The summed E-state index contributed by atoms with van der Waals surface area (Å²) in [5, 5.41) is 0. The average Bonchev–Trinajstić information content (AvgIpc) is 2.44. The first kappa shape index (κ1) is 7.90. The first-order valence-corrected chi connectivity index (χ1v) is 4.69. The number of rotatable bonds is 1. The van der Waals surface area contributed by atoms with Gasteiger partial charge in [-0.1, -0.05) is 0 Å². The molecule has 12 heavy (non-hydrogen) atoms. The van der Waals surface area contributed by atoms with Crippen LogP contribution >= 0.6 is 0 Å². The largest absolute Gasteiger partial charge is 0.444 e. The molecule has 0 aromatic rings. The van der Waals surface area contributed by atoms with Gasteiger partial charge in [0.2, 0.25) is 0 Å².